The number of rotatable bonds is 5. The minimum Gasteiger partial charge on any atom is -0.486 e. The van der Waals surface area contributed by atoms with Crippen LogP contribution in [0.4, 0.5) is 5.95 Å². The van der Waals surface area contributed by atoms with Gasteiger partial charge in [-0.2, -0.15) is 0 Å². The molecule has 1 atom stereocenters. The Kier molecular flexibility index (Phi) is 4.19. The fourth-order valence-electron chi connectivity index (χ4n) is 2.18. The van der Waals surface area contributed by atoms with Gasteiger partial charge in [-0.15, -0.1) is 0 Å². The molecule has 21 heavy (non-hydrogen) atoms. The average molecular weight is 285 g/mol. The standard InChI is InChI=1S/C16H19N3O2/c1-2-12-9-18-16(19-10-12)17-8-7-13-11-20-14-5-3-4-6-15(14)21-13/h3-6,9-10,13H,2,7-8,11H2,1H3,(H,17,18,19)/t13-/m1/s1. The lowest BCUT2D eigenvalue weighted by atomic mass is 10.2. The van der Waals surface area contributed by atoms with Crippen LogP contribution in [0.5, 0.6) is 11.5 Å². The van der Waals surface area contributed by atoms with E-state index in [0.717, 1.165) is 36.4 Å². The van der Waals surface area contributed by atoms with Gasteiger partial charge < -0.3 is 14.8 Å². The lowest BCUT2D eigenvalue weighted by molar-refractivity contribution is 0.0873. The number of aryl methyl sites for hydroxylation is 1. The molecule has 2 heterocycles. The normalized spacial score (nSPS) is 16.5. The summed E-state index contributed by atoms with van der Waals surface area (Å²) in [5.41, 5.74) is 1.14. The second kappa shape index (κ2) is 6.43. The van der Waals surface area contributed by atoms with Crippen LogP contribution in [-0.4, -0.2) is 29.2 Å². The second-order valence-corrected chi connectivity index (χ2v) is 4.98. The second-order valence-electron chi connectivity index (χ2n) is 4.98. The molecule has 0 fully saturated rings. The van der Waals surface area contributed by atoms with Crippen molar-refractivity contribution < 1.29 is 9.47 Å². The Balaban J connectivity index is 1.48. The van der Waals surface area contributed by atoms with Crippen LogP contribution in [0.1, 0.15) is 18.9 Å². The van der Waals surface area contributed by atoms with Crippen molar-refractivity contribution in [1.29, 1.82) is 0 Å². The van der Waals surface area contributed by atoms with Crippen molar-refractivity contribution in [1.82, 2.24) is 9.97 Å². The topological polar surface area (TPSA) is 56.3 Å². The highest BCUT2D eigenvalue weighted by Gasteiger charge is 2.19. The molecule has 1 aliphatic rings. The first-order valence-corrected chi connectivity index (χ1v) is 7.28. The Labute approximate surface area is 124 Å². The van der Waals surface area contributed by atoms with Crippen LogP contribution < -0.4 is 14.8 Å². The van der Waals surface area contributed by atoms with Crippen molar-refractivity contribution in [2.45, 2.75) is 25.9 Å². The van der Waals surface area contributed by atoms with E-state index < -0.39 is 0 Å². The maximum absolute atomic E-state index is 5.90. The van der Waals surface area contributed by atoms with E-state index in [2.05, 4.69) is 22.2 Å². The van der Waals surface area contributed by atoms with E-state index in [1.54, 1.807) is 0 Å². The predicted octanol–water partition coefficient (Wildman–Crippen LogP) is 2.68. The van der Waals surface area contributed by atoms with Crippen LogP contribution in [0.15, 0.2) is 36.7 Å². The fraction of sp³-hybridized carbons (Fsp3) is 0.375. The highest BCUT2D eigenvalue weighted by molar-refractivity contribution is 5.40. The Hall–Kier alpha value is -2.30. The van der Waals surface area contributed by atoms with E-state index >= 15 is 0 Å². The molecular formula is C16H19N3O2. The van der Waals surface area contributed by atoms with Crippen LogP contribution in [0.3, 0.4) is 0 Å². The van der Waals surface area contributed by atoms with Gasteiger partial charge in [-0.05, 0) is 24.1 Å². The third kappa shape index (κ3) is 3.42. The molecule has 0 unspecified atom stereocenters. The van der Waals surface area contributed by atoms with Gasteiger partial charge in [0.2, 0.25) is 5.95 Å². The number of anilines is 1. The molecule has 0 amide bonds. The highest BCUT2D eigenvalue weighted by atomic mass is 16.6. The summed E-state index contributed by atoms with van der Waals surface area (Å²) in [6.07, 6.45) is 5.56. The molecule has 1 aromatic heterocycles. The summed E-state index contributed by atoms with van der Waals surface area (Å²) in [6.45, 7) is 3.42. The quantitative estimate of drug-likeness (QED) is 0.915. The van der Waals surface area contributed by atoms with Crippen molar-refractivity contribution in [2.75, 3.05) is 18.5 Å². The van der Waals surface area contributed by atoms with Crippen LogP contribution in [-0.2, 0) is 6.42 Å². The predicted molar refractivity (Wildman–Crippen MR) is 80.9 cm³/mol. The van der Waals surface area contributed by atoms with Gasteiger partial charge >= 0.3 is 0 Å². The van der Waals surface area contributed by atoms with E-state index in [4.69, 9.17) is 9.47 Å². The van der Waals surface area contributed by atoms with Gasteiger partial charge in [-0.25, -0.2) is 9.97 Å². The molecule has 0 radical (unpaired) electrons. The molecule has 3 rings (SSSR count). The first-order valence-electron chi connectivity index (χ1n) is 7.28. The van der Waals surface area contributed by atoms with Gasteiger partial charge in [0.15, 0.2) is 11.5 Å². The number of hydrogen-bond acceptors (Lipinski definition) is 5. The summed E-state index contributed by atoms with van der Waals surface area (Å²) in [6, 6.07) is 7.75. The largest absolute Gasteiger partial charge is 0.486 e. The Bertz CT molecular complexity index is 586. The van der Waals surface area contributed by atoms with Crippen molar-refractivity contribution in [3.63, 3.8) is 0 Å². The summed E-state index contributed by atoms with van der Waals surface area (Å²) < 4.78 is 11.6. The number of nitrogens with zero attached hydrogens (tertiary/aromatic N) is 2. The SMILES string of the molecule is CCc1cnc(NCC[C@@H]2COc3ccccc3O2)nc1. The maximum atomic E-state index is 5.90. The van der Waals surface area contributed by atoms with E-state index in [-0.39, 0.29) is 6.10 Å². The number of fused-ring (bicyclic) bond motifs is 1. The zero-order valence-electron chi connectivity index (χ0n) is 12.1. The average Bonchev–Trinajstić information content (AvgIpc) is 2.55. The highest BCUT2D eigenvalue weighted by Crippen LogP contribution is 2.31. The van der Waals surface area contributed by atoms with Gasteiger partial charge in [0, 0.05) is 25.4 Å². The van der Waals surface area contributed by atoms with Crippen LogP contribution in [0.2, 0.25) is 0 Å². The van der Waals surface area contributed by atoms with Crippen LogP contribution in [0.25, 0.3) is 0 Å². The molecule has 2 aromatic rings. The van der Waals surface area contributed by atoms with Crippen molar-refractivity contribution in [3.05, 3.63) is 42.2 Å². The molecule has 1 aliphatic heterocycles. The number of benzene rings is 1. The molecule has 1 aromatic carbocycles. The van der Waals surface area contributed by atoms with E-state index in [1.807, 2.05) is 36.7 Å². The fourth-order valence-corrected chi connectivity index (χ4v) is 2.18. The molecule has 0 spiro atoms. The zero-order chi connectivity index (χ0) is 14.5. The van der Waals surface area contributed by atoms with Crippen molar-refractivity contribution in [2.24, 2.45) is 0 Å². The summed E-state index contributed by atoms with van der Waals surface area (Å²) in [5, 5.41) is 3.21. The van der Waals surface area contributed by atoms with Gasteiger partial charge in [0.25, 0.3) is 0 Å². The van der Waals surface area contributed by atoms with E-state index in [0.29, 0.717) is 12.6 Å². The number of aromatic nitrogens is 2. The first kappa shape index (κ1) is 13.7. The third-order valence-corrected chi connectivity index (χ3v) is 3.43. The molecule has 0 aliphatic carbocycles. The van der Waals surface area contributed by atoms with Crippen LogP contribution in [0, 0.1) is 0 Å². The van der Waals surface area contributed by atoms with E-state index in [9.17, 15) is 0 Å². The first-order chi connectivity index (χ1) is 10.3. The maximum Gasteiger partial charge on any atom is 0.222 e. The summed E-state index contributed by atoms with van der Waals surface area (Å²) in [7, 11) is 0. The minimum atomic E-state index is 0.0577. The Morgan fingerprint density at radius 2 is 1.95 bits per heavy atom. The summed E-state index contributed by atoms with van der Waals surface area (Å²) >= 11 is 0. The molecule has 0 bridgehead atoms. The van der Waals surface area contributed by atoms with Gasteiger partial charge in [0.1, 0.15) is 12.7 Å². The van der Waals surface area contributed by atoms with Gasteiger partial charge in [0.05, 0.1) is 0 Å². The van der Waals surface area contributed by atoms with E-state index in [1.165, 1.54) is 0 Å². The molecule has 1 N–H and O–H groups in total. The van der Waals surface area contributed by atoms with Crippen molar-refractivity contribution >= 4 is 5.95 Å². The molecule has 0 saturated carbocycles. The minimum absolute atomic E-state index is 0.0577. The number of nitrogens with one attached hydrogen (secondary N) is 1. The zero-order valence-corrected chi connectivity index (χ0v) is 12.1. The third-order valence-electron chi connectivity index (χ3n) is 3.43. The molecule has 110 valence electrons. The van der Waals surface area contributed by atoms with Gasteiger partial charge in [-0.3, -0.25) is 0 Å². The lowest BCUT2D eigenvalue weighted by Crippen LogP contribution is -2.31. The summed E-state index contributed by atoms with van der Waals surface area (Å²) in [4.78, 5) is 8.55. The monoisotopic (exact) mass is 285 g/mol. The van der Waals surface area contributed by atoms with Crippen LogP contribution >= 0.6 is 0 Å². The number of ether oxygens (including phenoxy) is 2. The molecule has 5 nitrogen and oxygen atoms in total. The smallest absolute Gasteiger partial charge is 0.222 e. The van der Waals surface area contributed by atoms with Gasteiger partial charge in [-0.1, -0.05) is 19.1 Å². The van der Waals surface area contributed by atoms with Crippen molar-refractivity contribution in [3.8, 4) is 11.5 Å². The molecular weight excluding hydrogens is 266 g/mol. The summed E-state index contributed by atoms with van der Waals surface area (Å²) in [5.74, 6) is 2.29. The Morgan fingerprint density at radius 1 is 1.19 bits per heavy atom. The lowest BCUT2D eigenvalue weighted by Gasteiger charge is -2.26. The molecule has 0 saturated heterocycles. The molecule has 5 heteroatoms. The number of hydrogen-bond donors (Lipinski definition) is 1. The number of para-hydroxylation sites is 2. The Morgan fingerprint density at radius 3 is 2.71 bits per heavy atom.